The highest BCUT2D eigenvalue weighted by Gasteiger charge is 2.25. The summed E-state index contributed by atoms with van der Waals surface area (Å²) in [4.78, 5) is 9.57. The second-order valence-electron chi connectivity index (χ2n) is 1.49. The van der Waals surface area contributed by atoms with Crippen molar-refractivity contribution in [2.75, 3.05) is 0 Å². The van der Waals surface area contributed by atoms with Crippen LogP contribution in [-0.4, -0.2) is 18.9 Å². The minimum absolute atomic E-state index is 0.692. The molecule has 0 saturated carbocycles. The third-order valence-electron chi connectivity index (χ3n) is 0.812. The molecule has 1 rings (SSSR count). The van der Waals surface area contributed by atoms with Gasteiger partial charge in [0.05, 0.1) is 6.20 Å². The predicted molar refractivity (Wildman–Crippen MR) is 29.5 cm³/mol. The standard InChI is InChI=1S/C3H2N2O4S/c6-3-2(1-4-5-3)10(7,8)9/h1H,(H,7,8,9). The smallest absolute Gasteiger partial charge is 0.282 e. The summed E-state index contributed by atoms with van der Waals surface area (Å²) in [6.45, 7) is 0. The molecule has 0 bridgehead atoms. The third-order valence-corrected chi connectivity index (χ3v) is 1.65. The molecule has 0 aromatic carbocycles. The lowest BCUT2D eigenvalue weighted by Gasteiger charge is -1.88. The van der Waals surface area contributed by atoms with Crippen molar-refractivity contribution in [1.82, 2.24) is 0 Å². The van der Waals surface area contributed by atoms with E-state index in [0.29, 0.717) is 6.20 Å². The Bertz CT molecular complexity index is 324. The lowest BCUT2D eigenvalue weighted by atomic mass is 10.6. The van der Waals surface area contributed by atoms with Gasteiger partial charge in [-0.15, -0.1) is 5.11 Å². The van der Waals surface area contributed by atoms with Crippen molar-refractivity contribution in [3.8, 4) is 0 Å². The van der Waals surface area contributed by atoms with Gasteiger partial charge in [0, 0.05) is 0 Å². The minimum atomic E-state index is -4.43. The second kappa shape index (κ2) is 1.96. The molecule has 1 N–H and O–H groups in total. The Balaban J connectivity index is 3.12. The van der Waals surface area contributed by atoms with Gasteiger partial charge in [0.15, 0.2) is 4.91 Å². The summed E-state index contributed by atoms with van der Waals surface area (Å²) in [5.74, 6) is -1.04. The van der Waals surface area contributed by atoms with E-state index in [1.165, 1.54) is 0 Å². The zero-order valence-electron chi connectivity index (χ0n) is 4.55. The molecule has 0 fully saturated rings. The Labute approximate surface area is 56.0 Å². The van der Waals surface area contributed by atoms with Crippen LogP contribution in [0.4, 0.5) is 0 Å². The molecule has 10 heavy (non-hydrogen) atoms. The molecule has 0 aromatic heterocycles. The molecule has 0 atom stereocenters. The maximum atomic E-state index is 10.4. The SMILES string of the molecule is O=C1N=NC=C1S(=O)(=O)O. The molecule has 0 spiro atoms. The number of hydrogen-bond donors (Lipinski definition) is 1. The number of rotatable bonds is 1. The first-order valence-corrected chi connectivity index (χ1v) is 3.58. The van der Waals surface area contributed by atoms with E-state index in [1.54, 1.807) is 0 Å². The maximum Gasteiger partial charge on any atom is 0.311 e. The Hall–Kier alpha value is -1.08. The van der Waals surface area contributed by atoms with Crippen molar-refractivity contribution >= 4 is 16.0 Å². The summed E-state index contributed by atoms with van der Waals surface area (Å²) < 4.78 is 28.6. The number of carbonyl (C=O) groups is 1. The summed E-state index contributed by atoms with van der Waals surface area (Å²) in [6, 6.07) is 0. The van der Waals surface area contributed by atoms with Crippen LogP contribution in [0.25, 0.3) is 0 Å². The monoisotopic (exact) mass is 162 g/mol. The molecule has 6 nitrogen and oxygen atoms in total. The van der Waals surface area contributed by atoms with E-state index >= 15 is 0 Å². The molecule has 0 unspecified atom stereocenters. The van der Waals surface area contributed by atoms with E-state index in [9.17, 15) is 13.2 Å². The van der Waals surface area contributed by atoms with E-state index in [-0.39, 0.29) is 0 Å². The highest BCUT2D eigenvalue weighted by atomic mass is 32.2. The van der Waals surface area contributed by atoms with Crippen LogP contribution in [0, 0.1) is 0 Å². The number of amides is 1. The number of nitrogens with zero attached hydrogens (tertiary/aromatic N) is 2. The number of azo groups is 1. The molecule has 7 heteroatoms. The molecule has 0 aromatic rings. The predicted octanol–water partition coefficient (Wildman–Crippen LogP) is -0.292. The van der Waals surface area contributed by atoms with Crippen LogP contribution >= 0.6 is 0 Å². The average molecular weight is 162 g/mol. The van der Waals surface area contributed by atoms with Crippen LogP contribution in [0.2, 0.25) is 0 Å². The van der Waals surface area contributed by atoms with E-state index in [4.69, 9.17) is 4.55 Å². The van der Waals surface area contributed by atoms with Crippen molar-refractivity contribution in [2.45, 2.75) is 0 Å². The molecular weight excluding hydrogens is 160 g/mol. The van der Waals surface area contributed by atoms with Crippen molar-refractivity contribution in [1.29, 1.82) is 0 Å². The van der Waals surface area contributed by atoms with Gasteiger partial charge in [0.1, 0.15) is 0 Å². The van der Waals surface area contributed by atoms with Gasteiger partial charge in [-0.2, -0.15) is 13.5 Å². The van der Waals surface area contributed by atoms with Crippen LogP contribution in [0.3, 0.4) is 0 Å². The molecule has 1 heterocycles. The lowest BCUT2D eigenvalue weighted by Crippen LogP contribution is -2.07. The Morgan fingerprint density at radius 3 is 2.30 bits per heavy atom. The molecule has 1 aliphatic rings. The Kier molecular flexibility index (Phi) is 1.38. The summed E-state index contributed by atoms with van der Waals surface area (Å²) >= 11 is 0. The van der Waals surface area contributed by atoms with E-state index < -0.39 is 20.9 Å². The zero-order chi connectivity index (χ0) is 7.78. The summed E-state index contributed by atoms with van der Waals surface area (Å²) in [5, 5.41) is 5.82. The first-order valence-electron chi connectivity index (χ1n) is 2.14. The quantitative estimate of drug-likeness (QED) is 0.535. The van der Waals surface area contributed by atoms with Crippen LogP contribution in [0.5, 0.6) is 0 Å². The summed E-state index contributed by atoms with van der Waals surface area (Å²) in [5.41, 5.74) is 0. The normalized spacial score (nSPS) is 17.7. The van der Waals surface area contributed by atoms with E-state index in [0.717, 1.165) is 0 Å². The van der Waals surface area contributed by atoms with Crippen LogP contribution in [-0.2, 0) is 14.9 Å². The van der Waals surface area contributed by atoms with Gasteiger partial charge in [-0.3, -0.25) is 9.35 Å². The second-order valence-corrected chi connectivity index (χ2v) is 2.88. The minimum Gasteiger partial charge on any atom is -0.282 e. The molecule has 0 aliphatic carbocycles. The summed E-state index contributed by atoms with van der Waals surface area (Å²) in [7, 11) is -4.43. The zero-order valence-corrected chi connectivity index (χ0v) is 5.37. The van der Waals surface area contributed by atoms with E-state index in [2.05, 4.69) is 10.2 Å². The molecule has 54 valence electrons. The maximum absolute atomic E-state index is 10.4. The Morgan fingerprint density at radius 2 is 2.10 bits per heavy atom. The van der Waals surface area contributed by atoms with Crippen molar-refractivity contribution < 1.29 is 17.8 Å². The number of hydrogen-bond acceptors (Lipinski definition) is 4. The first-order chi connectivity index (χ1) is 4.52. The molecule has 0 radical (unpaired) electrons. The highest BCUT2D eigenvalue weighted by molar-refractivity contribution is 7.90. The van der Waals surface area contributed by atoms with Gasteiger partial charge in [-0.1, -0.05) is 0 Å². The van der Waals surface area contributed by atoms with Gasteiger partial charge in [-0.25, -0.2) is 0 Å². The fourth-order valence-electron chi connectivity index (χ4n) is 0.415. The molecular formula is C3H2N2O4S. The number of carbonyl (C=O) groups excluding carboxylic acids is 1. The van der Waals surface area contributed by atoms with Gasteiger partial charge >= 0.3 is 16.0 Å². The third kappa shape index (κ3) is 1.09. The first kappa shape index (κ1) is 7.03. The lowest BCUT2D eigenvalue weighted by molar-refractivity contribution is -0.113. The van der Waals surface area contributed by atoms with Gasteiger partial charge in [0.2, 0.25) is 0 Å². The van der Waals surface area contributed by atoms with Crippen LogP contribution < -0.4 is 0 Å². The van der Waals surface area contributed by atoms with Gasteiger partial charge < -0.3 is 0 Å². The molecule has 1 aliphatic heterocycles. The topological polar surface area (TPSA) is 96.2 Å². The van der Waals surface area contributed by atoms with Gasteiger partial charge in [0.25, 0.3) is 0 Å². The van der Waals surface area contributed by atoms with Crippen molar-refractivity contribution in [2.24, 2.45) is 10.2 Å². The fraction of sp³-hybridized carbons (Fsp3) is 0. The Morgan fingerprint density at radius 1 is 1.50 bits per heavy atom. The summed E-state index contributed by atoms with van der Waals surface area (Å²) in [6.07, 6.45) is 0.692. The van der Waals surface area contributed by atoms with Crippen LogP contribution in [0.15, 0.2) is 21.3 Å². The van der Waals surface area contributed by atoms with Crippen molar-refractivity contribution in [3.05, 3.63) is 11.1 Å². The van der Waals surface area contributed by atoms with Crippen molar-refractivity contribution in [3.63, 3.8) is 0 Å². The fourth-order valence-corrected chi connectivity index (χ4v) is 0.857. The van der Waals surface area contributed by atoms with Gasteiger partial charge in [-0.05, 0) is 0 Å². The highest BCUT2D eigenvalue weighted by Crippen LogP contribution is 2.12. The molecule has 0 saturated heterocycles. The molecule has 1 amide bonds. The average Bonchev–Trinajstić information content (AvgIpc) is 2.11. The van der Waals surface area contributed by atoms with Crippen LogP contribution in [0.1, 0.15) is 0 Å². The van der Waals surface area contributed by atoms with E-state index in [1.807, 2.05) is 0 Å². The largest absolute Gasteiger partial charge is 0.311 e.